The zero-order valence-corrected chi connectivity index (χ0v) is 10.7. The van der Waals surface area contributed by atoms with Crippen LogP contribution in [0.5, 0.6) is 0 Å². The van der Waals surface area contributed by atoms with Crippen molar-refractivity contribution < 1.29 is 4.74 Å². The van der Waals surface area contributed by atoms with E-state index in [2.05, 4.69) is 21.4 Å². The van der Waals surface area contributed by atoms with Gasteiger partial charge in [0.15, 0.2) is 0 Å². The number of imidazole rings is 1. The second kappa shape index (κ2) is 5.62. The molecule has 2 rings (SSSR count). The van der Waals surface area contributed by atoms with Crippen molar-refractivity contribution in [3.8, 4) is 0 Å². The minimum Gasteiger partial charge on any atom is -0.379 e. The number of nitrogens with zero attached hydrogens (tertiary/aromatic N) is 3. The quantitative estimate of drug-likeness (QED) is 0.843. The highest BCUT2D eigenvalue weighted by Crippen LogP contribution is 2.16. The highest BCUT2D eigenvalue weighted by Gasteiger charge is 2.17. The van der Waals surface area contributed by atoms with Crippen molar-refractivity contribution in [1.82, 2.24) is 14.5 Å². The Labute approximate surface area is 103 Å². The third-order valence-corrected chi connectivity index (χ3v) is 3.26. The van der Waals surface area contributed by atoms with Gasteiger partial charge < -0.3 is 15.0 Å². The summed E-state index contributed by atoms with van der Waals surface area (Å²) in [5.41, 5.74) is 7.04. The Kier molecular flexibility index (Phi) is 4.15. The Balaban J connectivity index is 1.98. The predicted octanol–water partition coefficient (Wildman–Crippen LogP) is 0.796. The van der Waals surface area contributed by atoms with E-state index in [-0.39, 0.29) is 6.04 Å². The van der Waals surface area contributed by atoms with Crippen LogP contribution in [-0.4, -0.2) is 47.3 Å². The van der Waals surface area contributed by atoms with E-state index in [0.29, 0.717) is 6.04 Å². The number of ether oxygens (including phenoxy) is 1. The zero-order valence-electron chi connectivity index (χ0n) is 10.7. The van der Waals surface area contributed by atoms with Crippen LogP contribution in [0.25, 0.3) is 0 Å². The summed E-state index contributed by atoms with van der Waals surface area (Å²) in [7, 11) is 0. The minimum atomic E-state index is 0.0321. The van der Waals surface area contributed by atoms with Crippen LogP contribution in [0, 0.1) is 0 Å². The van der Waals surface area contributed by atoms with E-state index in [1.165, 1.54) is 0 Å². The summed E-state index contributed by atoms with van der Waals surface area (Å²) >= 11 is 0. The number of rotatable bonds is 4. The number of nitrogens with two attached hydrogens (primary N) is 1. The van der Waals surface area contributed by atoms with E-state index in [1.807, 2.05) is 19.4 Å². The largest absolute Gasteiger partial charge is 0.379 e. The maximum Gasteiger partial charge on any atom is 0.0951 e. The van der Waals surface area contributed by atoms with E-state index >= 15 is 0 Å². The molecule has 0 spiro atoms. The Morgan fingerprint density at radius 1 is 1.41 bits per heavy atom. The topological polar surface area (TPSA) is 56.3 Å². The van der Waals surface area contributed by atoms with Crippen LogP contribution in [-0.2, 0) is 4.74 Å². The summed E-state index contributed by atoms with van der Waals surface area (Å²) in [5.74, 6) is 0. The zero-order chi connectivity index (χ0) is 12.3. The third-order valence-electron chi connectivity index (χ3n) is 3.26. The van der Waals surface area contributed by atoms with Gasteiger partial charge in [0.05, 0.1) is 25.2 Å². The molecule has 0 amide bonds. The Hall–Kier alpha value is -0.910. The van der Waals surface area contributed by atoms with E-state index < -0.39 is 0 Å². The molecular weight excluding hydrogens is 216 g/mol. The van der Waals surface area contributed by atoms with Crippen molar-refractivity contribution in [1.29, 1.82) is 0 Å². The van der Waals surface area contributed by atoms with Crippen molar-refractivity contribution in [2.24, 2.45) is 5.73 Å². The van der Waals surface area contributed by atoms with Gasteiger partial charge in [-0.3, -0.25) is 4.90 Å². The molecule has 1 aliphatic heterocycles. The van der Waals surface area contributed by atoms with Gasteiger partial charge in [-0.15, -0.1) is 0 Å². The van der Waals surface area contributed by atoms with Gasteiger partial charge in [0.2, 0.25) is 0 Å². The van der Waals surface area contributed by atoms with Gasteiger partial charge in [0.1, 0.15) is 0 Å². The van der Waals surface area contributed by atoms with Crippen LogP contribution in [0.3, 0.4) is 0 Å². The molecule has 0 aliphatic carbocycles. The van der Waals surface area contributed by atoms with Crippen LogP contribution >= 0.6 is 0 Å². The summed E-state index contributed by atoms with van der Waals surface area (Å²) in [5, 5.41) is 0. The first-order chi connectivity index (χ1) is 8.18. The first kappa shape index (κ1) is 12.5. The summed E-state index contributed by atoms with van der Waals surface area (Å²) < 4.78 is 7.53. The maximum atomic E-state index is 5.94. The van der Waals surface area contributed by atoms with Gasteiger partial charge in [-0.1, -0.05) is 0 Å². The monoisotopic (exact) mass is 238 g/mol. The number of morpholine rings is 1. The van der Waals surface area contributed by atoms with Gasteiger partial charge in [0.25, 0.3) is 0 Å². The van der Waals surface area contributed by atoms with Crippen molar-refractivity contribution in [3.05, 3.63) is 18.2 Å². The van der Waals surface area contributed by atoms with Gasteiger partial charge >= 0.3 is 0 Å². The van der Waals surface area contributed by atoms with Gasteiger partial charge in [0, 0.05) is 37.9 Å². The lowest BCUT2D eigenvalue weighted by atomic mass is 10.2. The van der Waals surface area contributed by atoms with E-state index in [1.54, 1.807) is 0 Å². The second-order valence-electron chi connectivity index (χ2n) is 4.78. The average Bonchev–Trinajstić information content (AvgIpc) is 2.79. The van der Waals surface area contributed by atoms with Gasteiger partial charge in [-0.05, 0) is 13.8 Å². The van der Waals surface area contributed by atoms with Crippen molar-refractivity contribution in [2.45, 2.75) is 25.9 Å². The van der Waals surface area contributed by atoms with E-state index in [4.69, 9.17) is 10.5 Å². The molecule has 5 heteroatoms. The second-order valence-corrected chi connectivity index (χ2v) is 4.78. The Morgan fingerprint density at radius 2 is 2.12 bits per heavy atom. The number of hydrogen-bond donors (Lipinski definition) is 1. The fraction of sp³-hybridized carbons (Fsp3) is 0.750. The molecule has 2 atom stereocenters. The lowest BCUT2D eigenvalue weighted by molar-refractivity contribution is 0.0324. The lowest BCUT2D eigenvalue weighted by Crippen LogP contribution is -2.39. The molecule has 17 heavy (non-hydrogen) atoms. The molecule has 1 saturated heterocycles. The van der Waals surface area contributed by atoms with E-state index in [9.17, 15) is 0 Å². The molecule has 2 heterocycles. The van der Waals surface area contributed by atoms with Gasteiger partial charge in [-0.2, -0.15) is 0 Å². The molecule has 1 fully saturated rings. The fourth-order valence-electron chi connectivity index (χ4n) is 2.28. The Morgan fingerprint density at radius 3 is 2.76 bits per heavy atom. The summed E-state index contributed by atoms with van der Waals surface area (Å²) in [6, 6.07) is 0.432. The molecular formula is C12H22N4O. The average molecular weight is 238 g/mol. The van der Waals surface area contributed by atoms with Crippen LogP contribution < -0.4 is 5.73 Å². The van der Waals surface area contributed by atoms with Crippen molar-refractivity contribution >= 4 is 0 Å². The van der Waals surface area contributed by atoms with Crippen LogP contribution in [0.1, 0.15) is 31.6 Å². The molecule has 0 aromatic carbocycles. The highest BCUT2D eigenvalue weighted by atomic mass is 16.5. The fourth-order valence-corrected chi connectivity index (χ4v) is 2.28. The normalized spacial score (nSPS) is 21.4. The molecule has 5 nitrogen and oxygen atoms in total. The number of hydrogen-bond acceptors (Lipinski definition) is 4. The molecule has 96 valence electrons. The third kappa shape index (κ3) is 3.06. The summed E-state index contributed by atoms with van der Waals surface area (Å²) in [6.07, 6.45) is 3.74. The molecule has 0 radical (unpaired) electrons. The first-order valence-corrected chi connectivity index (χ1v) is 6.26. The molecule has 1 unspecified atom stereocenters. The SMILES string of the molecule is CC(CN1CCOCC1)n1cncc1[C@H](C)N. The molecule has 1 aromatic rings. The van der Waals surface area contributed by atoms with Gasteiger partial charge in [-0.25, -0.2) is 4.98 Å². The summed E-state index contributed by atoms with van der Waals surface area (Å²) in [4.78, 5) is 6.63. The standard InChI is InChI=1S/C12H22N4O/c1-10(8-15-3-5-17-6-4-15)16-9-14-7-12(16)11(2)13/h7,9-11H,3-6,8,13H2,1-2H3/t10?,11-/m0/s1. The predicted molar refractivity (Wildman–Crippen MR) is 66.8 cm³/mol. The molecule has 0 bridgehead atoms. The smallest absolute Gasteiger partial charge is 0.0951 e. The van der Waals surface area contributed by atoms with Crippen molar-refractivity contribution in [3.63, 3.8) is 0 Å². The van der Waals surface area contributed by atoms with Crippen LogP contribution in [0.15, 0.2) is 12.5 Å². The molecule has 0 saturated carbocycles. The Bertz CT molecular complexity index is 344. The lowest BCUT2D eigenvalue weighted by Gasteiger charge is -2.30. The van der Waals surface area contributed by atoms with E-state index in [0.717, 1.165) is 38.5 Å². The van der Waals surface area contributed by atoms with Crippen molar-refractivity contribution in [2.75, 3.05) is 32.8 Å². The molecule has 1 aromatic heterocycles. The minimum absolute atomic E-state index is 0.0321. The number of aromatic nitrogens is 2. The van der Waals surface area contributed by atoms with Crippen LogP contribution in [0.2, 0.25) is 0 Å². The molecule has 2 N–H and O–H groups in total. The summed E-state index contributed by atoms with van der Waals surface area (Å²) in [6.45, 7) is 8.96. The van der Waals surface area contributed by atoms with Crippen LogP contribution in [0.4, 0.5) is 0 Å². The highest BCUT2D eigenvalue weighted by molar-refractivity contribution is 5.04. The first-order valence-electron chi connectivity index (χ1n) is 6.26. The maximum absolute atomic E-state index is 5.94. The molecule has 1 aliphatic rings.